The minimum absolute atomic E-state index is 0.0290. The van der Waals surface area contributed by atoms with Gasteiger partial charge in [0.1, 0.15) is 10.8 Å². The topological polar surface area (TPSA) is 61.0 Å². The number of aryl methyl sites for hydroxylation is 1. The third-order valence-corrected chi connectivity index (χ3v) is 3.01. The van der Waals surface area contributed by atoms with Crippen LogP contribution in [-0.2, 0) is 12.7 Å². The highest BCUT2D eigenvalue weighted by atomic mass is 32.1. The van der Waals surface area contributed by atoms with E-state index in [1.54, 1.807) is 6.92 Å². The van der Waals surface area contributed by atoms with Crippen LogP contribution in [0.1, 0.15) is 16.1 Å². The van der Waals surface area contributed by atoms with Gasteiger partial charge in [0.25, 0.3) is 5.19 Å². The summed E-state index contributed by atoms with van der Waals surface area (Å²) in [5.74, 6) is -0.305. The van der Waals surface area contributed by atoms with Gasteiger partial charge in [0, 0.05) is 6.54 Å². The zero-order valence-electron chi connectivity index (χ0n) is 9.86. The summed E-state index contributed by atoms with van der Waals surface area (Å²) in [6.07, 6.45) is -4.51. The quantitative estimate of drug-likeness (QED) is 0.943. The summed E-state index contributed by atoms with van der Waals surface area (Å²) in [7, 11) is 0. The fourth-order valence-corrected chi connectivity index (χ4v) is 1.98. The molecule has 0 aliphatic heterocycles. The van der Waals surface area contributed by atoms with Gasteiger partial charge in [-0.15, -0.1) is 5.10 Å². The third kappa shape index (κ3) is 3.21. The number of rotatable bonds is 3. The van der Waals surface area contributed by atoms with Crippen LogP contribution < -0.4 is 10.5 Å². The van der Waals surface area contributed by atoms with Crippen LogP contribution in [0, 0.1) is 6.92 Å². The molecule has 2 aromatic rings. The van der Waals surface area contributed by atoms with Crippen molar-refractivity contribution in [1.29, 1.82) is 0 Å². The van der Waals surface area contributed by atoms with E-state index in [2.05, 4.69) is 10.2 Å². The summed E-state index contributed by atoms with van der Waals surface area (Å²) in [6.45, 7) is 1.72. The fourth-order valence-electron chi connectivity index (χ4n) is 1.43. The first kappa shape index (κ1) is 13.8. The Labute approximate surface area is 111 Å². The Balaban J connectivity index is 2.39. The second kappa shape index (κ2) is 5.14. The van der Waals surface area contributed by atoms with Crippen LogP contribution in [0.4, 0.5) is 13.2 Å². The van der Waals surface area contributed by atoms with Gasteiger partial charge in [-0.1, -0.05) is 22.5 Å². The Hall–Kier alpha value is -1.67. The van der Waals surface area contributed by atoms with Crippen molar-refractivity contribution in [2.45, 2.75) is 19.6 Å². The van der Waals surface area contributed by atoms with Crippen molar-refractivity contribution >= 4 is 11.3 Å². The summed E-state index contributed by atoms with van der Waals surface area (Å²) in [4.78, 5) is 0. The molecule has 0 saturated carbocycles. The molecule has 0 aliphatic rings. The number of benzene rings is 1. The molecule has 0 radical (unpaired) electrons. The van der Waals surface area contributed by atoms with Gasteiger partial charge in [-0.2, -0.15) is 13.2 Å². The van der Waals surface area contributed by atoms with E-state index in [9.17, 15) is 13.2 Å². The predicted octanol–water partition coefficient (Wildman–Crippen LogP) is 3.12. The number of nitrogens with zero attached hydrogens (tertiary/aromatic N) is 2. The standard InChI is InChI=1S/C11H10F3N3OS/c1-6-16-17-10(19-6)18-9-3-2-7(5-15)4-8(9)11(12,13)14/h2-4H,5,15H2,1H3. The highest BCUT2D eigenvalue weighted by Crippen LogP contribution is 2.39. The van der Waals surface area contributed by atoms with Crippen LogP contribution in [0.25, 0.3) is 0 Å². The lowest BCUT2D eigenvalue weighted by molar-refractivity contribution is -0.138. The molecule has 0 atom stereocenters. The minimum atomic E-state index is -4.51. The molecule has 2 N–H and O–H groups in total. The number of nitrogens with two attached hydrogens (primary N) is 1. The molecule has 0 fully saturated rings. The second-order valence-electron chi connectivity index (χ2n) is 3.72. The van der Waals surface area contributed by atoms with Gasteiger partial charge in [-0.3, -0.25) is 0 Å². The maximum Gasteiger partial charge on any atom is 0.419 e. The van der Waals surface area contributed by atoms with Crippen molar-refractivity contribution in [3.8, 4) is 10.9 Å². The summed E-state index contributed by atoms with van der Waals surface area (Å²) in [5.41, 5.74) is 4.85. The summed E-state index contributed by atoms with van der Waals surface area (Å²) < 4.78 is 43.9. The van der Waals surface area contributed by atoms with E-state index in [1.807, 2.05) is 0 Å². The predicted molar refractivity (Wildman–Crippen MR) is 64.1 cm³/mol. The van der Waals surface area contributed by atoms with E-state index in [1.165, 1.54) is 12.1 Å². The molecular formula is C11H10F3N3OS. The van der Waals surface area contributed by atoms with Crippen LogP contribution in [-0.4, -0.2) is 10.2 Å². The lowest BCUT2D eigenvalue weighted by Gasteiger charge is -2.13. The van der Waals surface area contributed by atoms with E-state index in [-0.39, 0.29) is 17.5 Å². The van der Waals surface area contributed by atoms with Crippen molar-refractivity contribution in [2.75, 3.05) is 0 Å². The number of alkyl halides is 3. The molecular weight excluding hydrogens is 279 g/mol. The highest BCUT2D eigenvalue weighted by molar-refractivity contribution is 7.13. The molecule has 102 valence electrons. The molecule has 0 spiro atoms. The van der Waals surface area contributed by atoms with Crippen molar-refractivity contribution < 1.29 is 17.9 Å². The van der Waals surface area contributed by atoms with Gasteiger partial charge in [-0.05, 0) is 24.6 Å². The van der Waals surface area contributed by atoms with Crippen LogP contribution in [0.15, 0.2) is 18.2 Å². The van der Waals surface area contributed by atoms with Crippen molar-refractivity contribution in [1.82, 2.24) is 10.2 Å². The lowest BCUT2D eigenvalue weighted by Crippen LogP contribution is -2.09. The van der Waals surface area contributed by atoms with Gasteiger partial charge in [0.15, 0.2) is 0 Å². The first-order chi connectivity index (χ1) is 8.90. The Morgan fingerprint density at radius 2 is 2.05 bits per heavy atom. The first-order valence-corrected chi connectivity index (χ1v) is 6.10. The Morgan fingerprint density at radius 1 is 1.32 bits per heavy atom. The van der Waals surface area contributed by atoms with Crippen LogP contribution in [0.3, 0.4) is 0 Å². The van der Waals surface area contributed by atoms with Gasteiger partial charge in [-0.25, -0.2) is 0 Å². The number of halogens is 3. The average Bonchev–Trinajstić information content (AvgIpc) is 2.74. The largest absolute Gasteiger partial charge is 0.429 e. The molecule has 0 unspecified atom stereocenters. The van der Waals surface area contributed by atoms with Gasteiger partial charge in [0.2, 0.25) is 0 Å². The number of hydrogen-bond donors (Lipinski definition) is 1. The number of aromatic nitrogens is 2. The van der Waals surface area contributed by atoms with E-state index in [0.29, 0.717) is 10.6 Å². The fraction of sp³-hybridized carbons (Fsp3) is 0.273. The Bertz CT molecular complexity index is 583. The summed E-state index contributed by atoms with van der Waals surface area (Å²) in [6, 6.07) is 3.70. The first-order valence-electron chi connectivity index (χ1n) is 5.28. The minimum Gasteiger partial charge on any atom is -0.429 e. The third-order valence-electron chi connectivity index (χ3n) is 2.29. The molecule has 0 amide bonds. The lowest BCUT2D eigenvalue weighted by atomic mass is 10.1. The molecule has 4 nitrogen and oxygen atoms in total. The maximum atomic E-state index is 12.9. The van der Waals surface area contributed by atoms with Gasteiger partial charge < -0.3 is 10.5 Å². The molecule has 19 heavy (non-hydrogen) atoms. The van der Waals surface area contributed by atoms with E-state index >= 15 is 0 Å². The van der Waals surface area contributed by atoms with Crippen molar-refractivity contribution in [3.63, 3.8) is 0 Å². The molecule has 0 saturated heterocycles. The molecule has 8 heteroatoms. The molecule has 1 heterocycles. The van der Waals surface area contributed by atoms with Crippen LogP contribution in [0.2, 0.25) is 0 Å². The summed E-state index contributed by atoms with van der Waals surface area (Å²) in [5, 5.41) is 8.00. The maximum absolute atomic E-state index is 12.9. The van der Waals surface area contributed by atoms with Gasteiger partial charge >= 0.3 is 6.18 Å². The smallest absolute Gasteiger partial charge is 0.419 e. The van der Waals surface area contributed by atoms with Gasteiger partial charge in [0.05, 0.1) is 5.56 Å². The normalized spacial score (nSPS) is 11.6. The SMILES string of the molecule is Cc1nnc(Oc2ccc(CN)cc2C(F)(F)F)s1. The van der Waals surface area contributed by atoms with Crippen LogP contribution >= 0.6 is 11.3 Å². The van der Waals surface area contributed by atoms with E-state index in [0.717, 1.165) is 17.4 Å². The number of ether oxygens (including phenoxy) is 1. The summed E-state index contributed by atoms with van der Waals surface area (Å²) >= 11 is 1.08. The van der Waals surface area contributed by atoms with E-state index < -0.39 is 11.7 Å². The molecule has 0 aliphatic carbocycles. The average molecular weight is 289 g/mol. The molecule has 1 aromatic heterocycles. The Kier molecular flexibility index (Phi) is 3.72. The monoisotopic (exact) mass is 289 g/mol. The zero-order valence-corrected chi connectivity index (χ0v) is 10.7. The molecule has 1 aromatic carbocycles. The second-order valence-corrected chi connectivity index (χ2v) is 4.87. The van der Waals surface area contributed by atoms with Crippen LogP contribution in [0.5, 0.6) is 10.9 Å². The molecule has 2 rings (SSSR count). The zero-order chi connectivity index (χ0) is 14.0. The van der Waals surface area contributed by atoms with E-state index in [4.69, 9.17) is 10.5 Å². The van der Waals surface area contributed by atoms with Crippen molar-refractivity contribution in [2.24, 2.45) is 5.73 Å². The van der Waals surface area contributed by atoms with Crippen molar-refractivity contribution in [3.05, 3.63) is 34.3 Å². The Morgan fingerprint density at radius 3 is 2.58 bits per heavy atom. The molecule has 0 bridgehead atoms. The number of hydrogen-bond acceptors (Lipinski definition) is 5. The highest BCUT2D eigenvalue weighted by Gasteiger charge is 2.35.